The maximum Gasteiger partial charge on any atom is 0.161 e. The second-order valence-electron chi connectivity index (χ2n) is 5.45. The second-order valence-corrected chi connectivity index (χ2v) is 5.45. The third-order valence-electron chi connectivity index (χ3n) is 3.43. The van der Waals surface area contributed by atoms with Gasteiger partial charge in [0.15, 0.2) is 11.5 Å². The molecular formula is C16H24FNO2. The van der Waals surface area contributed by atoms with Gasteiger partial charge in [-0.15, -0.1) is 0 Å². The Morgan fingerprint density at radius 3 is 2.85 bits per heavy atom. The molecule has 1 aromatic carbocycles. The lowest BCUT2D eigenvalue weighted by atomic mass is 9.91. The fourth-order valence-electron chi connectivity index (χ4n) is 2.53. The molecule has 1 aliphatic rings. The molecule has 1 N–H and O–H groups in total. The molecule has 0 aromatic heterocycles. The summed E-state index contributed by atoms with van der Waals surface area (Å²) in [4.78, 5) is 0. The molecule has 2 rings (SSSR count). The molecule has 1 saturated heterocycles. The van der Waals surface area contributed by atoms with Crippen LogP contribution in [0.5, 0.6) is 11.5 Å². The van der Waals surface area contributed by atoms with Gasteiger partial charge >= 0.3 is 0 Å². The molecule has 1 atom stereocenters. The first-order valence-electron chi connectivity index (χ1n) is 7.40. The van der Waals surface area contributed by atoms with Gasteiger partial charge in [0.05, 0.1) is 6.10 Å². The van der Waals surface area contributed by atoms with Crippen molar-refractivity contribution < 1.29 is 13.9 Å². The average Bonchev–Trinajstić information content (AvgIpc) is 2.46. The zero-order chi connectivity index (χ0) is 14.4. The van der Waals surface area contributed by atoms with E-state index in [1.165, 1.54) is 18.4 Å². The van der Waals surface area contributed by atoms with Crippen LogP contribution >= 0.6 is 0 Å². The number of rotatable bonds is 6. The summed E-state index contributed by atoms with van der Waals surface area (Å²) in [5.74, 6) is 1.87. The van der Waals surface area contributed by atoms with E-state index in [9.17, 15) is 4.39 Å². The third-order valence-corrected chi connectivity index (χ3v) is 3.43. The van der Waals surface area contributed by atoms with E-state index in [0.29, 0.717) is 11.7 Å². The van der Waals surface area contributed by atoms with Gasteiger partial charge in [0.25, 0.3) is 0 Å². The molecule has 1 fully saturated rings. The fourth-order valence-corrected chi connectivity index (χ4v) is 2.53. The fraction of sp³-hybridized carbons (Fsp3) is 0.625. The van der Waals surface area contributed by atoms with E-state index in [0.717, 1.165) is 18.8 Å². The van der Waals surface area contributed by atoms with E-state index in [4.69, 9.17) is 9.47 Å². The molecule has 112 valence electrons. The van der Waals surface area contributed by atoms with Crippen LogP contribution in [0, 0.1) is 0 Å². The highest BCUT2D eigenvalue weighted by Crippen LogP contribution is 2.33. The third kappa shape index (κ3) is 4.10. The Labute approximate surface area is 120 Å². The van der Waals surface area contributed by atoms with Gasteiger partial charge in [-0.1, -0.05) is 6.07 Å². The predicted octanol–water partition coefficient (Wildman–Crippen LogP) is 3.29. The second kappa shape index (κ2) is 7.48. The number of alkyl halides is 1. The number of halogens is 1. The minimum atomic E-state index is -0.491. The van der Waals surface area contributed by atoms with Crippen LogP contribution in [0.4, 0.5) is 4.39 Å². The van der Waals surface area contributed by atoms with Crippen molar-refractivity contribution in [1.29, 1.82) is 0 Å². The first kappa shape index (κ1) is 15.1. The Morgan fingerprint density at radius 1 is 1.35 bits per heavy atom. The van der Waals surface area contributed by atoms with Crippen molar-refractivity contribution in [3.8, 4) is 11.5 Å². The predicted molar refractivity (Wildman–Crippen MR) is 78.5 cm³/mol. The van der Waals surface area contributed by atoms with Crippen molar-refractivity contribution in [1.82, 2.24) is 5.32 Å². The molecule has 1 aliphatic heterocycles. The molecule has 1 aromatic rings. The van der Waals surface area contributed by atoms with Crippen molar-refractivity contribution in [2.75, 3.05) is 26.4 Å². The maximum atomic E-state index is 12.3. The van der Waals surface area contributed by atoms with Crippen molar-refractivity contribution in [2.24, 2.45) is 0 Å². The Bertz CT molecular complexity index is 417. The zero-order valence-electron chi connectivity index (χ0n) is 12.3. The van der Waals surface area contributed by atoms with Gasteiger partial charge in [-0.3, -0.25) is 0 Å². The molecule has 0 spiro atoms. The van der Waals surface area contributed by atoms with E-state index in [-0.39, 0.29) is 12.7 Å². The normalized spacial score (nSPS) is 19.1. The van der Waals surface area contributed by atoms with Crippen molar-refractivity contribution in [3.63, 3.8) is 0 Å². The standard InChI is InChI=1S/C16H24FNO2/c1-12(2)20-16-10-13(14-4-3-8-18-11-14)5-6-15(16)19-9-7-17/h5-6,10,12,14,18H,3-4,7-9,11H2,1-2H3. The number of hydrogen-bond donors (Lipinski definition) is 1. The smallest absolute Gasteiger partial charge is 0.161 e. The van der Waals surface area contributed by atoms with Gasteiger partial charge in [-0.05, 0) is 56.8 Å². The summed E-state index contributed by atoms with van der Waals surface area (Å²) < 4.78 is 23.5. The Balaban J connectivity index is 2.17. The molecule has 0 bridgehead atoms. The molecule has 20 heavy (non-hydrogen) atoms. The van der Waals surface area contributed by atoms with E-state index in [2.05, 4.69) is 11.4 Å². The topological polar surface area (TPSA) is 30.5 Å². The summed E-state index contributed by atoms with van der Waals surface area (Å²) in [5, 5.41) is 3.42. The summed E-state index contributed by atoms with van der Waals surface area (Å²) in [6, 6.07) is 6.01. The first-order valence-corrected chi connectivity index (χ1v) is 7.40. The lowest BCUT2D eigenvalue weighted by molar-refractivity contribution is 0.213. The van der Waals surface area contributed by atoms with Gasteiger partial charge in [0.1, 0.15) is 13.3 Å². The lowest BCUT2D eigenvalue weighted by Gasteiger charge is -2.24. The summed E-state index contributed by atoms with van der Waals surface area (Å²) in [5.41, 5.74) is 1.26. The maximum absolute atomic E-state index is 12.3. The van der Waals surface area contributed by atoms with Crippen LogP contribution < -0.4 is 14.8 Å². The van der Waals surface area contributed by atoms with Crippen LogP contribution in [0.3, 0.4) is 0 Å². The van der Waals surface area contributed by atoms with E-state index >= 15 is 0 Å². The first-order chi connectivity index (χ1) is 9.70. The van der Waals surface area contributed by atoms with E-state index in [1.807, 2.05) is 26.0 Å². The van der Waals surface area contributed by atoms with Gasteiger partial charge < -0.3 is 14.8 Å². The average molecular weight is 281 g/mol. The molecule has 0 saturated carbocycles. The number of ether oxygens (including phenoxy) is 2. The molecule has 1 heterocycles. The highest BCUT2D eigenvalue weighted by molar-refractivity contribution is 5.44. The Morgan fingerprint density at radius 2 is 2.20 bits per heavy atom. The van der Waals surface area contributed by atoms with Crippen molar-refractivity contribution in [3.05, 3.63) is 23.8 Å². The summed E-state index contributed by atoms with van der Waals surface area (Å²) >= 11 is 0. The van der Waals surface area contributed by atoms with E-state index in [1.54, 1.807) is 0 Å². The van der Waals surface area contributed by atoms with E-state index < -0.39 is 6.67 Å². The number of benzene rings is 1. The molecule has 0 radical (unpaired) electrons. The summed E-state index contributed by atoms with van der Waals surface area (Å²) in [6.45, 7) is 5.64. The minimum Gasteiger partial charge on any atom is -0.487 e. The van der Waals surface area contributed by atoms with Gasteiger partial charge in [0, 0.05) is 6.54 Å². The molecule has 3 nitrogen and oxygen atoms in total. The lowest BCUT2D eigenvalue weighted by Crippen LogP contribution is -2.28. The molecular weight excluding hydrogens is 257 g/mol. The number of piperidine rings is 1. The SMILES string of the molecule is CC(C)Oc1cc(C2CCCNC2)ccc1OCCF. The zero-order valence-corrected chi connectivity index (χ0v) is 12.3. The van der Waals surface area contributed by atoms with Crippen molar-refractivity contribution >= 4 is 0 Å². The quantitative estimate of drug-likeness (QED) is 0.868. The monoisotopic (exact) mass is 281 g/mol. The van der Waals surface area contributed by atoms with Crippen LogP contribution in [-0.2, 0) is 0 Å². The van der Waals surface area contributed by atoms with Crippen LogP contribution in [0.25, 0.3) is 0 Å². The van der Waals surface area contributed by atoms with Crippen LogP contribution in [0.1, 0.15) is 38.2 Å². The number of nitrogens with one attached hydrogen (secondary N) is 1. The summed E-state index contributed by atoms with van der Waals surface area (Å²) in [7, 11) is 0. The van der Waals surface area contributed by atoms with Gasteiger partial charge in [-0.25, -0.2) is 4.39 Å². The van der Waals surface area contributed by atoms with Gasteiger partial charge in [0.2, 0.25) is 0 Å². The number of hydrogen-bond acceptors (Lipinski definition) is 3. The molecule has 0 aliphatic carbocycles. The van der Waals surface area contributed by atoms with Crippen molar-refractivity contribution in [2.45, 2.75) is 38.7 Å². The van der Waals surface area contributed by atoms with Crippen LogP contribution in [0.15, 0.2) is 18.2 Å². The van der Waals surface area contributed by atoms with Gasteiger partial charge in [-0.2, -0.15) is 0 Å². The van der Waals surface area contributed by atoms with Crippen LogP contribution in [-0.4, -0.2) is 32.5 Å². The van der Waals surface area contributed by atoms with Crippen LogP contribution in [0.2, 0.25) is 0 Å². The Kier molecular flexibility index (Phi) is 5.65. The highest BCUT2D eigenvalue weighted by Gasteiger charge is 2.17. The highest BCUT2D eigenvalue weighted by atomic mass is 19.1. The molecule has 1 unspecified atom stereocenters. The molecule has 0 amide bonds. The largest absolute Gasteiger partial charge is 0.487 e. The minimum absolute atomic E-state index is 0.0682. The Hall–Kier alpha value is -1.29. The molecule has 4 heteroatoms. The summed E-state index contributed by atoms with van der Waals surface area (Å²) in [6.07, 6.45) is 2.46.